The average molecular weight is 253 g/mol. The fraction of sp³-hybridized carbons (Fsp3) is 0.300. The number of nitrogens with zero attached hydrogens (tertiary/aromatic N) is 2. The molecule has 2 rings (SSSR count). The number of aromatic nitrogens is 2. The van der Waals surface area contributed by atoms with Crippen LogP contribution in [0.2, 0.25) is 0 Å². The number of hydrogen-bond acceptors (Lipinski definition) is 6. The minimum atomic E-state index is -1.39. The fourth-order valence-electron chi connectivity index (χ4n) is 1.71. The molecule has 1 aromatic carbocycles. The number of rotatable bonds is 4. The van der Waals surface area contributed by atoms with Crippen molar-refractivity contribution in [1.82, 2.24) is 10.2 Å². The summed E-state index contributed by atoms with van der Waals surface area (Å²) in [6.45, 7) is -0.628. The first kappa shape index (κ1) is 12.4. The zero-order chi connectivity index (χ0) is 13.3. The number of aliphatic hydroxyl groups is 3. The van der Waals surface area contributed by atoms with Crippen LogP contribution in [0.3, 0.4) is 0 Å². The Balaban J connectivity index is 2.55. The molecule has 2 unspecified atom stereocenters. The van der Waals surface area contributed by atoms with Crippen LogP contribution in [0, 0.1) is 10.1 Å². The molecule has 1 heterocycles. The van der Waals surface area contributed by atoms with Gasteiger partial charge in [0.15, 0.2) is 5.52 Å². The number of non-ortho nitro benzene ring substituents is 1. The van der Waals surface area contributed by atoms with Gasteiger partial charge in [-0.25, -0.2) is 0 Å². The molecule has 8 heteroatoms. The van der Waals surface area contributed by atoms with E-state index in [2.05, 4.69) is 10.2 Å². The second-order valence-electron chi connectivity index (χ2n) is 3.76. The summed E-state index contributed by atoms with van der Waals surface area (Å²) in [6, 6.07) is 4.29. The topological polar surface area (TPSA) is 133 Å². The number of benzene rings is 1. The van der Waals surface area contributed by atoms with Crippen molar-refractivity contribution in [3.63, 3.8) is 0 Å². The molecule has 18 heavy (non-hydrogen) atoms. The van der Waals surface area contributed by atoms with Crippen molar-refractivity contribution >= 4 is 16.6 Å². The van der Waals surface area contributed by atoms with Gasteiger partial charge in [-0.1, -0.05) is 12.1 Å². The lowest BCUT2D eigenvalue weighted by molar-refractivity contribution is -0.383. The van der Waals surface area contributed by atoms with Crippen LogP contribution >= 0.6 is 0 Å². The Hall–Kier alpha value is -2.03. The zero-order valence-electron chi connectivity index (χ0n) is 9.15. The molecule has 0 aliphatic carbocycles. The quantitative estimate of drug-likeness (QED) is 0.442. The van der Waals surface area contributed by atoms with Gasteiger partial charge in [0, 0.05) is 11.5 Å². The molecule has 0 saturated carbocycles. The van der Waals surface area contributed by atoms with E-state index in [1.165, 1.54) is 18.2 Å². The molecule has 0 aliphatic heterocycles. The number of fused-ring (bicyclic) bond motifs is 1. The molecule has 0 amide bonds. The summed E-state index contributed by atoms with van der Waals surface area (Å²) in [5.41, 5.74) is 0.0395. The molecule has 2 atom stereocenters. The molecule has 8 nitrogen and oxygen atoms in total. The molecule has 4 N–H and O–H groups in total. The standard InChI is InChI=1S/C10H11N3O5/c14-4-7(15)10(16)9-5-2-1-3-6(13(17)18)8(5)11-12-9/h1-3,7,10,14-16H,4H2,(H,11,12). The number of aliphatic hydroxyl groups excluding tert-OH is 3. The number of para-hydroxylation sites is 1. The van der Waals surface area contributed by atoms with Crippen LogP contribution in [0.1, 0.15) is 11.8 Å². The Bertz CT molecular complexity index is 582. The predicted molar refractivity (Wildman–Crippen MR) is 60.8 cm³/mol. The summed E-state index contributed by atoms with van der Waals surface area (Å²) in [5, 5.41) is 45.2. The van der Waals surface area contributed by atoms with Gasteiger partial charge in [0.1, 0.15) is 12.2 Å². The van der Waals surface area contributed by atoms with E-state index in [0.29, 0.717) is 5.39 Å². The third kappa shape index (κ3) is 1.92. The third-order valence-electron chi connectivity index (χ3n) is 2.64. The van der Waals surface area contributed by atoms with E-state index in [-0.39, 0.29) is 16.9 Å². The molecule has 2 aromatic rings. The highest BCUT2D eigenvalue weighted by Gasteiger charge is 2.24. The molecule has 0 spiro atoms. The molecule has 0 aliphatic rings. The van der Waals surface area contributed by atoms with Crippen molar-refractivity contribution in [2.45, 2.75) is 12.2 Å². The second-order valence-corrected chi connectivity index (χ2v) is 3.76. The first-order chi connectivity index (χ1) is 8.56. The van der Waals surface area contributed by atoms with Gasteiger partial charge in [0.25, 0.3) is 5.69 Å². The zero-order valence-corrected chi connectivity index (χ0v) is 9.15. The summed E-state index contributed by atoms with van der Waals surface area (Å²) in [7, 11) is 0. The van der Waals surface area contributed by atoms with Crippen LogP contribution < -0.4 is 0 Å². The van der Waals surface area contributed by atoms with Crippen LogP contribution in [0.5, 0.6) is 0 Å². The van der Waals surface area contributed by atoms with E-state index in [4.69, 9.17) is 5.11 Å². The average Bonchev–Trinajstić information content (AvgIpc) is 2.80. The Morgan fingerprint density at radius 2 is 2.17 bits per heavy atom. The predicted octanol–water partition coefficient (Wildman–Crippen LogP) is -0.142. The van der Waals surface area contributed by atoms with E-state index in [1.54, 1.807) is 0 Å². The van der Waals surface area contributed by atoms with E-state index in [9.17, 15) is 20.3 Å². The summed E-state index contributed by atoms with van der Waals surface area (Å²) in [6.07, 6.45) is -2.77. The fourth-order valence-corrected chi connectivity index (χ4v) is 1.71. The van der Waals surface area contributed by atoms with Gasteiger partial charge in [0.05, 0.1) is 17.2 Å². The number of nitro benzene ring substituents is 1. The summed E-state index contributed by atoms with van der Waals surface area (Å²) < 4.78 is 0. The van der Waals surface area contributed by atoms with E-state index in [0.717, 1.165) is 0 Å². The molecule has 0 fully saturated rings. The maximum Gasteiger partial charge on any atom is 0.297 e. The SMILES string of the molecule is O=[N+]([O-])c1cccc2c(C(O)C(O)CO)[nH]nc12. The number of H-pyrrole nitrogens is 1. The van der Waals surface area contributed by atoms with Gasteiger partial charge in [-0.2, -0.15) is 5.10 Å². The van der Waals surface area contributed by atoms with Crippen molar-refractivity contribution in [2.24, 2.45) is 0 Å². The van der Waals surface area contributed by atoms with Crippen LogP contribution in [0.25, 0.3) is 10.9 Å². The molecule has 96 valence electrons. The van der Waals surface area contributed by atoms with Crippen molar-refractivity contribution in [2.75, 3.05) is 6.61 Å². The lowest BCUT2D eigenvalue weighted by Gasteiger charge is -2.13. The minimum absolute atomic E-state index is 0.0988. The summed E-state index contributed by atoms with van der Waals surface area (Å²) in [5.74, 6) is 0. The number of nitrogens with one attached hydrogen (secondary N) is 1. The van der Waals surface area contributed by atoms with Gasteiger partial charge in [-0.3, -0.25) is 15.2 Å². The van der Waals surface area contributed by atoms with E-state index < -0.39 is 23.7 Å². The van der Waals surface area contributed by atoms with E-state index in [1.807, 2.05) is 0 Å². The van der Waals surface area contributed by atoms with Crippen molar-refractivity contribution < 1.29 is 20.2 Å². The van der Waals surface area contributed by atoms with Gasteiger partial charge < -0.3 is 15.3 Å². The second kappa shape index (κ2) is 4.69. The Labute approximate surface area is 101 Å². The van der Waals surface area contributed by atoms with Crippen molar-refractivity contribution in [3.05, 3.63) is 34.0 Å². The van der Waals surface area contributed by atoms with Crippen LogP contribution in [-0.2, 0) is 0 Å². The van der Waals surface area contributed by atoms with Crippen LogP contribution in [-0.4, -0.2) is 43.2 Å². The van der Waals surface area contributed by atoms with Crippen LogP contribution in [0.4, 0.5) is 5.69 Å². The maximum absolute atomic E-state index is 10.8. The number of aromatic amines is 1. The summed E-state index contributed by atoms with van der Waals surface area (Å²) in [4.78, 5) is 10.2. The monoisotopic (exact) mass is 253 g/mol. The molecule has 0 saturated heterocycles. The van der Waals surface area contributed by atoms with Crippen molar-refractivity contribution in [3.8, 4) is 0 Å². The van der Waals surface area contributed by atoms with Gasteiger partial charge in [-0.05, 0) is 0 Å². The number of nitro groups is 1. The van der Waals surface area contributed by atoms with Gasteiger partial charge in [-0.15, -0.1) is 0 Å². The highest BCUT2D eigenvalue weighted by molar-refractivity contribution is 5.89. The minimum Gasteiger partial charge on any atom is -0.394 e. The maximum atomic E-state index is 10.8. The lowest BCUT2D eigenvalue weighted by Crippen LogP contribution is -2.22. The van der Waals surface area contributed by atoms with Crippen molar-refractivity contribution in [1.29, 1.82) is 0 Å². The highest BCUT2D eigenvalue weighted by atomic mass is 16.6. The highest BCUT2D eigenvalue weighted by Crippen LogP contribution is 2.29. The number of hydrogen-bond donors (Lipinski definition) is 4. The van der Waals surface area contributed by atoms with E-state index >= 15 is 0 Å². The molecular weight excluding hydrogens is 242 g/mol. The molecule has 1 aromatic heterocycles. The normalized spacial score (nSPS) is 14.6. The molecule has 0 radical (unpaired) electrons. The largest absolute Gasteiger partial charge is 0.394 e. The third-order valence-corrected chi connectivity index (χ3v) is 2.64. The Kier molecular flexibility index (Phi) is 3.24. The van der Waals surface area contributed by atoms with Gasteiger partial charge >= 0.3 is 0 Å². The smallest absolute Gasteiger partial charge is 0.297 e. The Morgan fingerprint density at radius 1 is 1.44 bits per heavy atom. The molecular formula is C10H11N3O5. The first-order valence-electron chi connectivity index (χ1n) is 5.14. The molecule has 0 bridgehead atoms. The lowest BCUT2D eigenvalue weighted by atomic mass is 10.1. The Morgan fingerprint density at radius 3 is 2.78 bits per heavy atom. The van der Waals surface area contributed by atoms with Gasteiger partial charge in [0.2, 0.25) is 0 Å². The first-order valence-corrected chi connectivity index (χ1v) is 5.14. The summed E-state index contributed by atoms with van der Waals surface area (Å²) >= 11 is 0. The van der Waals surface area contributed by atoms with Crippen LogP contribution in [0.15, 0.2) is 18.2 Å².